The van der Waals surface area contributed by atoms with Crippen LogP contribution in [0.4, 0.5) is 4.39 Å². The molecular weight excluding hydrogens is 337 g/mol. The zero-order chi connectivity index (χ0) is 18.4. The number of carbonyl (C=O) groups excluding carboxylic acids is 1. The molecule has 1 N–H and O–H groups in total. The Morgan fingerprint density at radius 1 is 1.31 bits per heavy atom. The molecule has 0 radical (unpaired) electrons. The maximum atomic E-state index is 13.3. The van der Waals surface area contributed by atoms with Crippen molar-refractivity contribution in [3.63, 3.8) is 0 Å². The van der Waals surface area contributed by atoms with Crippen LogP contribution in [-0.2, 0) is 11.2 Å². The quantitative estimate of drug-likeness (QED) is 0.821. The van der Waals surface area contributed by atoms with Gasteiger partial charge in [-0.2, -0.15) is 0 Å². The molecule has 1 saturated heterocycles. The van der Waals surface area contributed by atoms with Crippen LogP contribution >= 0.6 is 0 Å². The lowest BCUT2D eigenvalue weighted by Crippen LogP contribution is -2.43. The summed E-state index contributed by atoms with van der Waals surface area (Å²) >= 11 is 0. The molecule has 0 aliphatic carbocycles. The number of rotatable bonds is 7. The highest BCUT2D eigenvalue weighted by molar-refractivity contribution is 5.91. The first kappa shape index (κ1) is 18.5. The van der Waals surface area contributed by atoms with E-state index in [1.54, 1.807) is 12.1 Å². The summed E-state index contributed by atoms with van der Waals surface area (Å²) in [5, 5.41) is 2.93. The summed E-state index contributed by atoms with van der Waals surface area (Å²) in [4.78, 5) is 18.8. The second-order valence-electron chi connectivity index (χ2n) is 6.30. The zero-order valence-corrected chi connectivity index (χ0v) is 14.9. The predicted octanol–water partition coefficient (Wildman–Crippen LogP) is 2.57. The number of aromatic nitrogens is 1. The lowest BCUT2D eigenvalue weighted by atomic mass is 10.0. The third-order valence-corrected chi connectivity index (χ3v) is 4.45. The van der Waals surface area contributed by atoms with E-state index in [1.165, 1.54) is 18.4 Å². The molecule has 1 aliphatic rings. The van der Waals surface area contributed by atoms with Crippen LogP contribution in [-0.4, -0.2) is 48.6 Å². The Kier molecular flexibility index (Phi) is 6.35. The molecule has 140 valence electrons. The van der Waals surface area contributed by atoms with Gasteiger partial charge in [-0.05, 0) is 24.1 Å². The van der Waals surface area contributed by atoms with E-state index in [0.717, 1.165) is 25.1 Å². The number of oxazole rings is 1. The normalized spacial score (nSPS) is 16.4. The summed E-state index contributed by atoms with van der Waals surface area (Å²) in [6.45, 7) is 5.26. The Morgan fingerprint density at radius 2 is 2.04 bits per heavy atom. The van der Waals surface area contributed by atoms with Gasteiger partial charge in [0.25, 0.3) is 5.91 Å². The SMILES string of the molecule is CCCc1nc(C(=O)NCC(c2ccc(F)cc2)N2CCOCC2)co1. The first-order chi connectivity index (χ1) is 12.7. The number of nitrogens with one attached hydrogen (secondary N) is 1. The highest BCUT2D eigenvalue weighted by atomic mass is 19.1. The number of morpholine rings is 1. The third kappa shape index (κ3) is 4.68. The van der Waals surface area contributed by atoms with Crippen molar-refractivity contribution in [2.75, 3.05) is 32.8 Å². The van der Waals surface area contributed by atoms with Crippen LogP contribution in [0.1, 0.15) is 41.3 Å². The number of ether oxygens (including phenoxy) is 1. The Balaban J connectivity index is 1.68. The van der Waals surface area contributed by atoms with Crippen LogP contribution in [0.2, 0.25) is 0 Å². The van der Waals surface area contributed by atoms with Crippen LogP contribution in [0.25, 0.3) is 0 Å². The monoisotopic (exact) mass is 361 g/mol. The number of aryl methyl sites for hydroxylation is 1. The Labute approximate surface area is 152 Å². The number of carbonyl (C=O) groups is 1. The molecule has 1 aromatic heterocycles. The summed E-state index contributed by atoms with van der Waals surface area (Å²) in [6, 6.07) is 6.36. The molecule has 0 saturated carbocycles. The standard InChI is InChI=1S/C19H24FN3O3/c1-2-3-18-22-16(13-26-18)19(24)21-12-17(23-8-10-25-11-9-23)14-4-6-15(20)7-5-14/h4-7,13,17H,2-3,8-12H2,1H3,(H,21,24). The highest BCUT2D eigenvalue weighted by Crippen LogP contribution is 2.22. The van der Waals surface area contributed by atoms with Gasteiger partial charge in [-0.25, -0.2) is 9.37 Å². The van der Waals surface area contributed by atoms with Gasteiger partial charge in [-0.15, -0.1) is 0 Å². The van der Waals surface area contributed by atoms with E-state index in [0.29, 0.717) is 32.1 Å². The zero-order valence-electron chi connectivity index (χ0n) is 14.9. The average Bonchev–Trinajstić information content (AvgIpc) is 3.13. The molecule has 1 fully saturated rings. The van der Waals surface area contributed by atoms with Crippen molar-refractivity contribution in [3.05, 3.63) is 53.5 Å². The Morgan fingerprint density at radius 3 is 2.73 bits per heavy atom. The van der Waals surface area contributed by atoms with Gasteiger partial charge in [-0.1, -0.05) is 19.1 Å². The molecule has 2 aromatic rings. The molecule has 3 rings (SSSR count). The van der Waals surface area contributed by atoms with Crippen molar-refractivity contribution in [1.82, 2.24) is 15.2 Å². The minimum atomic E-state index is -0.274. The van der Waals surface area contributed by atoms with Crippen LogP contribution in [0.5, 0.6) is 0 Å². The number of halogens is 1. The topological polar surface area (TPSA) is 67.6 Å². The van der Waals surface area contributed by atoms with Gasteiger partial charge in [0.15, 0.2) is 11.6 Å². The van der Waals surface area contributed by atoms with Gasteiger partial charge < -0.3 is 14.5 Å². The summed E-state index contributed by atoms with van der Waals surface area (Å²) in [5.74, 6) is 0.0296. The van der Waals surface area contributed by atoms with Crippen LogP contribution in [0.15, 0.2) is 34.9 Å². The number of hydrogen-bond acceptors (Lipinski definition) is 5. The second-order valence-corrected chi connectivity index (χ2v) is 6.30. The fraction of sp³-hybridized carbons (Fsp3) is 0.474. The average molecular weight is 361 g/mol. The molecule has 26 heavy (non-hydrogen) atoms. The van der Waals surface area contributed by atoms with Crippen LogP contribution < -0.4 is 5.32 Å². The van der Waals surface area contributed by atoms with Crippen molar-refractivity contribution >= 4 is 5.91 Å². The molecule has 0 spiro atoms. The van der Waals surface area contributed by atoms with Gasteiger partial charge in [0.05, 0.1) is 19.3 Å². The number of hydrogen-bond donors (Lipinski definition) is 1. The fourth-order valence-corrected chi connectivity index (χ4v) is 3.06. The summed E-state index contributed by atoms with van der Waals surface area (Å²) in [7, 11) is 0. The van der Waals surface area contributed by atoms with Gasteiger partial charge in [0.1, 0.15) is 12.1 Å². The third-order valence-electron chi connectivity index (χ3n) is 4.45. The first-order valence-electron chi connectivity index (χ1n) is 8.97. The maximum Gasteiger partial charge on any atom is 0.273 e. The summed E-state index contributed by atoms with van der Waals surface area (Å²) in [6.07, 6.45) is 3.01. The molecule has 1 atom stereocenters. The lowest BCUT2D eigenvalue weighted by molar-refractivity contribution is 0.0162. The van der Waals surface area contributed by atoms with Crippen molar-refractivity contribution < 1.29 is 18.3 Å². The molecule has 6 nitrogen and oxygen atoms in total. The number of benzene rings is 1. The molecule has 0 bridgehead atoms. The minimum absolute atomic E-state index is 0.0505. The van der Waals surface area contributed by atoms with E-state index in [4.69, 9.17) is 9.15 Å². The summed E-state index contributed by atoms with van der Waals surface area (Å²) < 4.78 is 24.0. The lowest BCUT2D eigenvalue weighted by Gasteiger charge is -2.34. The van der Waals surface area contributed by atoms with Crippen molar-refractivity contribution in [2.45, 2.75) is 25.8 Å². The van der Waals surface area contributed by atoms with E-state index in [1.807, 2.05) is 6.92 Å². The highest BCUT2D eigenvalue weighted by Gasteiger charge is 2.24. The smallest absolute Gasteiger partial charge is 0.273 e. The molecule has 2 heterocycles. The largest absolute Gasteiger partial charge is 0.448 e. The number of amides is 1. The van der Waals surface area contributed by atoms with E-state index in [2.05, 4.69) is 15.2 Å². The van der Waals surface area contributed by atoms with Crippen molar-refractivity contribution in [3.8, 4) is 0 Å². The van der Waals surface area contributed by atoms with E-state index >= 15 is 0 Å². The first-order valence-corrected chi connectivity index (χ1v) is 8.97. The van der Waals surface area contributed by atoms with E-state index < -0.39 is 0 Å². The predicted molar refractivity (Wildman–Crippen MR) is 94.4 cm³/mol. The van der Waals surface area contributed by atoms with Gasteiger partial charge in [-0.3, -0.25) is 9.69 Å². The molecule has 1 aromatic carbocycles. The molecule has 7 heteroatoms. The summed E-state index contributed by atoms with van der Waals surface area (Å²) in [5.41, 5.74) is 1.24. The van der Waals surface area contributed by atoms with E-state index in [-0.39, 0.29) is 23.5 Å². The van der Waals surface area contributed by atoms with Crippen molar-refractivity contribution in [2.24, 2.45) is 0 Å². The van der Waals surface area contributed by atoms with Crippen LogP contribution in [0, 0.1) is 5.82 Å². The molecule has 1 unspecified atom stereocenters. The second kappa shape index (κ2) is 8.91. The number of nitrogens with zero attached hydrogens (tertiary/aromatic N) is 2. The van der Waals surface area contributed by atoms with Gasteiger partial charge in [0.2, 0.25) is 0 Å². The molecule has 1 amide bonds. The van der Waals surface area contributed by atoms with E-state index in [9.17, 15) is 9.18 Å². The van der Waals surface area contributed by atoms with Gasteiger partial charge in [0, 0.05) is 26.1 Å². The van der Waals surface area contributed by atoms with Crippen LogP contribution in [0.3, 0.4) is 0 Å². The Hall–Kier alpha value is -2.25. The molecular formula is C19H24FN3O3. The minimum Gasteiger partial charge on any atom is -0.448 e. The maximum absolute atomic E-state index is 13.3. The van der Waals surface area contributed by atoms with Gasteiger partial charge >= 0.3 is 0 Å². The van der Waals surface area contributed by atoms with Crippen molar-refractivity contribution in [1.29, 1.82) is 0 Å². The Bertz CT molecular complexity index is 711. The molecule has 1 aliphatic heterocycles. The fourth-order valence-electron chi connectivity index (χ4n) is 3.06.